The first-order valence-electron chi connectivity index (χ1n) is 8.40. The van der Waals surface area contributed by atoms with Crippen molar-refractivity contribution in [2.75, 3.05) is 13.7 Å². The molecule has 2 aromatic rings. The SMILES string of the molecule is COc1ccc(CCNC(=O)c2ccc3c(c2)C=CC(C)(C)O3)cc1. The largest absolute Gasteiger partial charge is 0.497 e. The lowest BCUT2D eigenvalue weighted by atomic mass is 10.0. The molecular formula is C21H23NO3. The van der Waals surface area contributed by atoms with Gasteiger partial charge in [0.05, 0.1) is 7.11 Å². The number of fused-ring (bicyclic) bond motifs is 1. The van der Waals surface area contributed by atoms with Crippen LogP contribution in [-0.2, 0) is 6.42 Å². The second kappa shape index (κ2) is 7.01. The van der Waals surface area contributed by atoms with Crippen molar-refractivity contribution in [3.8, 4) is 11.5 Å². The molecule has 0 atom stereocenters. The van der Waals surface area contributed by atoms with E-state index in [4.69, 9.17) is 9.47 Å². The predicted molar refractivity (Wildman–Crippen MR) is 99.2 cm³/mol. The van der Waals surface area contributed by atoms with Crippen molar-refractivity contribution in [3.63, 3.8) is 0 Å². The van der Waals surface area contributed by atoms with Gasteiger partial charge in [-0.1, -0.05) is 18.2 Å². The highest BCUT2D eigenvalue weighted by atomic mass is 16.5. The zero-order chi connectivity index (χ0) is 17.9. The number of hydrogen-bond acceptors (Lipinski definition) is 3. The van der Waals surface area contributed by atoms with Gasteiger partial charge in [0.25, 0.3) is 5.91 Å². The minimum atomic E-state index is -0.310. The van der Waals surface area contributed by atoms with E-state index in [1.807, 2.05) is 62.4 Å². The molecule has 0 aliphatic carbocycles. The Morgan fingerprint density at radius 3 is 2.64 bits per heavy atom. The van der Waals surface area contributed by atoms with E-state index in [1.54, 1.807) is 13.2 Å². The summed E-state index contributed by atoms with van der Waals surface area (Å²) in [7, 11) is 1.65. The predicted octanol–water partition coefficient (Wildman–Crippen LogP) is 3.85. The average molecular weight is 337 g/mol. The summed E-state index contributed by atoms with van der Waals surface area (Å²) in [4.78, 5) is 12.4. The number of carbonyl (C=O) groups excluding carboxylic acids is 1. The third-order valence-corrected chi connectivity index (χ3v) is 4.17. The molecule has 2 aromatic carbocycles. The topological polar surface area (TPSA) is 47.6 Å². The summed E-state index contributed by atoms with van der Waals surface area (Å²) in [5.74, 6) is 1.57. The molecule has 130 valence electrons. The van der Waals surface area contributed by atoms with Crippen LogP contribution in [-0.4, -0.2) is 25.2 Å². The molecule has 3 rings (SSSR count). The number of methoxy groups -OCH3 is 1. The highest BCUT2D eigenvalue weighted by Crippen LogP contribution is 2.31. The van der Waals surface area contributed by atoms with Gasteiger partial charge in [-0.2, -0.15) is 0 Å². The van der Waals surface area contributed by atoms with Crippen LogP contribution in [0, 0.1) is 0 Å². The first-order chi connectivity index (χ1) is 12.0. The van der Waals surface area contributed by atoms with E-state index < -0.39 is 0 Å². The summed E-state index contributed by atoms with van der Waals surface area (Å²) < 4.78 is 11.0. The molecule has 0 aromatic heterocycles. The molecule has 1 N–H and O–H groups in total. The smallest absolute Gasteiger partial charge is 0.251 e. The minimum Gasteiger partial charge on any atom is -0.497 e. The Morgan fingerprint density at radius 1 is 1.16 bits per heavy atom. The number of nitrogens with one attached hydrogen (secondary N) is 1. The molecule has 4 heteroatoms. The molecule has 0 bridgehead atoms. The molecule has 1 aliphatic rings. The summed E-state index contributed by atoms with van der Waals surface area (Å²) in [5.41, 5.74) is 2.42. The summed E-state index contributed by atoms with van der Waals surface area (Å²) in [6, 6.07) is 13.4. The first kappa shape index (κ1) is 17.1. The molecule has 0 spiro atoms. The van der Waals surface area contributed by atoms with Gasteiger partial charge in [-0.25, -0.2) is 0 Å². The lowest BCUT2D eigenvalue weighted by Crippen LogP contribution is -2.28. The van der Waals surface area contributed by atoms with Crippen LogP contribution in [0.25, 0.3) is 6.08 Å². The van der Waals surface area contributed by atoms with Crippen molar-refractivity contribution < 1.29 is 14.3 Å². The van der Waals surface area contributed by atoms with Crippen LogP contribution in [0.15, 0.2) is 48.5 Å². The lowest BCUT2D eigenvalue weighted by molar-refractivity contribution is 0.0954. The fourth-order valence-corrected chi connectivity index (χ4v) is 2.74. The Balaban J connectivity index is 1.58. The Hall–Kier alpha value is -2.75. The molecule has 1 amide bonds. The van der Waals surface area contributed by atoms with Gasteiger partial charge in [-0.3, -0.25) is 4.79 Å². The van der Waals surface area contributed by atoms with Crippen molar-refractivity contribution in [3.05, 3.63) is 65.2 Å². The molecule has 1 heterocycles. The second-order valence-corrected chi connectivity index (χ2v) is 6.65. The van der Waals surface area contributed by atoms with Gasteiger partial charge in [0.1, 0.15) is 17.1 Å². The van der Waals surface area contributed by atoms with E-state index in [9.17, 15) is 4.79 Å². The summed E-state index contributed by atoms with van der Waals surface area (Å²) >= 11 is 0. The van der Waals surface area contributed by atoms with E-state index in [0.29, 0.717) is 12.1 Å². The number of amides is 1. The van der Waals surface area contributed by atoms with Crippen molar-refractivity contribution in [1.29, 1.82) is 0 Å². The molecule has 0 saturated carbocycles. The zero-order valence-electron chi connectivity index (χ0n) is 14.8. The fraction of sp³-hybridized carbons (Fsp3) is 0.286. The van der Waals surface area contributed by atoms with Gasteiger partial charge < -0.3 is 14.8 Å². The Kier molecular flexibility index (Phi) is 4.79. The van der Waals surface area contributed by atoms with Gasteiger partial charge in [0.2, 0.25) is 0 Å². The van der Waals surface area contributed by atoms with Gasteiger partial charge in [0, 0.05) is 17.7 Å². The Labute approximate surface area is 148 Å². The van der Waals surface area contributed by atoms with Gasteiger partial charge in [-0.15, -0.1) is 0 Å². The van der Waals surface area contributed by atoms with Crippen molar-refractivity contribution in [1.82, 2.24) is 5.32 Å². The van der Waals surface area contributed by atoms with Crippen molar-refractivity contribution in [2.45, 2.75) is 25.9 Å². The van der Waals surface area contributed by atoms with E-state index >= 15 is 0 Å². The van der Waals surface area contributed by atoms with Crippen LogP contribution in [0.3, 0.4) is 0 Å². The van der Waals surface area contributed by atoms with Crippen molar-refractivity contribution >= 4 is 12.0 Å². The maximum atomic E-state index is 12.4. The maximum Gasteiger partial charge on any atom is 0.251 e. The second-order valence-electron chi connectivity index (χ2n) is 6.65. The van der Waals surface area contributed by atoms with Crippen LogP contribution in [0.2, 0.25) is 0 Å². The highest BCUT2D eigenvalue weighted by Gasteiger charge is 2.22. The Morgan fingerprint density at radius 2 is 1.92 bits per heavy atom. The monoisotopic (exact) mass is 337 g/mol. The molecule has 0 unspecified atom stereocenters. The number of carbonyl (C=O) groups is 1. The number of rotatable bonds is 5. The van der Waals surface area contributed by atoms with Crippen LogP contribution in [0.4, 0.5) is 0 Å². The molecule has 1 aliphatic heterocycles. The van der Waals surface area contributed by atoms with Crippen LogP contribution in [0.1, 0.15) is 35.3 Å². The average Bonchev–Trinajstić information content (AvgIpc) is 2.61. The van der Waals surface area contributed by atoms with E-state index in [-0.39, 0.29) is 11.5 Å². The number of hydrogen-bond donors (Lipinski definition) is 1. The summed E-state index contributed by atoms with van der Waals surface area (Å²) in [5, 5.41) is 2.96. The van der Waals surface area contributed by atoms with Gasteiger partial charge in [0.15, 0.2) is 0 Å². The quantitative estimate of drug-likeness (QED) is 0.901. The van der Waals surface area contributed by atoms with E-state index in [2.05, 4.69) is 5.32 Å². The molecule has 0 radical (unpaired) electrons. The van der Waals surface area contributed by atoms with Crippen LogP contribution in [0.5, 0.6) is 11.5 Å². The third kappa shape index (κ3) is 4.21. The lowest BCUT2D eigenvalue weighted by Gasteiger charge is -2.27. The standard InChI is InChI=1S/C21H23NO3/c1-21(2)12-10-16-14-17(6-9-19(16)25-21)20(23)22-13-11-15-4-7-18(24-3)8-5-15/h4-10,12,14H,11,13H2,1-3H3,(H,22,23). The molecule has 0 fully saturated rings. The highest BCUT2D eigenvalue weighted by molar-refractivity contribution is 5.95. The normalized spacial score (nSPS) is 14.4. The van der Waals surface area contributed by atoms with Gasteiger partial charge >= 0.3 is 0 Å². The van der Waals surface area contributed by atoms with E-state index in [0.717, 1.165) is 29.0 Å². The summed E-state index contributed by atoms with van der Waals surface area (Å²) in [6.45, 7) is 4.60. The summed E-state index contributed by atoms with van der Waals surface area (Å²) in [6.07, 6.45) is 4.78. The van der Waals surface area contributed by atoms with Crippen molar-refractivity contribution in [2.24, 2.45) is 0 Å². The third-order valence-electron chi connectivity index (χ3n) is 4.17. The first-order valence-corrected chi connectivity index (χ1v) is 8.40. The molecule has 25 heavy (non-hydrogen) atoms. The molecule has 4 nitrogen and oxygen atoms in total. The zero-order valence-corrected chi connectivity index (χ0v) is 14.8. The van der Waals surface area contributed by atoms with Crippen LogP contribution >= 0.6 is 0 Å². The van der Waals surface area contributed by atoms with Crippen LogP contribution < -0.4 is 14.8 Å². The van der Waals surface area contributed by atoms with E-state index in [1.165, 1.54) is 0 Å². The van der Waals surface area contributed by atoms with Gasteiger partial charge in [-0.05, 0) is 62.2 Å². The number of benzene rings is 2. The maximum absolute atomic E-state index is 12.4. The Bertz CT molecular complexity index is 791. The minimum absolute atomic E-state index is 0.0745. The number of ether oxygens (including phenoxy) is 2. The molecule has 0 saturated heterocycles. The fourth-order valence-electron chi connectivity index (χ4n) is 2.74. The molecular weight excluding hydrogens is 314 g/mol.